The molecule has 1 fully saturated rings. The van der Waals surface area contributed by atoms with Gasteiger partial charge < -0.3 is 25.4 Å². The fourth-order valence-corrected chi connectivity index (χ4v) is 4.69. The number of hydrogen-bond acceptors (Lipinski definition) is 7. The number of rotatable bonds is 15. The molecular weight excluding hydrogens is 513 g/mol. The van der Waals surface area contributed by atoms with Gasteiger partial charge in [-0.15, -0.1) is 0 Å². The highest BCUT2D eigenvalue weighted by molar-refractivity contribution is 5.97. The molecule has 1 atom stereocenters. The van der Waals surface area contributed by atoms with E-state index in [-0.39, 0.29) is 12.0 Å². The van der Waals surface area contributed by atoms with Gasteiger partial charge in [0.05, 0.1) is 24.5 Å². The zero-order valence-electron chi connectivity index (χ0n) is 24.0. The van der Waals surface area contributed by atoms with E-state index in [0.29, 0.717) is 31.4 Å². The molecule has 4 rings (SSSR count). The number of carbonyl (C=O) groups is 2. The largest absolute Gasteiger partial charge is 0.480 e. The minimum absolute atomic E-state index is 0.174. The van der Waals surface area contributed by atoms with Gasteiger partial charge in [-0.2, -0.15) is 0 Å². The lowest BCUT2D eigenvalue weighted by Gasteiger charge is -2.24. The molecular formula is C30H44FN5O4. The van der Waals surface area contributed by atoms with Gasteiger partial charge >= 0.3 is 5.97 Å². The third kappa shape index (κ3) is 9.82. The Morgan fingerprint density at radius 2 is 2.00 bits per heavy atom. The lowest BCUT2D eigenvalue weighted by molar-refractivity contribution is -0.139. The molecule has 0 radical (unpaired) electrons. The average Bonchev–Trinajstić information content (AvgIpc) is 3.78. The highest BCUT2D eigenvalue weighted by Crippen LogP contribution is 2.23. The summed E-state index contributed by atoms with van der Waals surface area (Å²) in [4.78, 5) is 35.2. The number of carbonyl (C=O) groups excluding carboxylic acids is 1. The fraction of sp³-hybridized carbons (Fsp3) is 0.600. The molecule has 40 heavy (non-hydrogen) atoms. The summed E-state index contributed by atoms with van der Waals surface area (Å²) in [6.45, 7) is 9.08. The number of carboxylic acid groups (broad SMARTS) is 1. The normalized spacial score (nSPS) is 14.9. The van der Waals surface area contributed by atoms with E-state index in [1.165, 1.54) is 11.8 Å². The second-order valence-electron chi connectivity index (χ2n) is 10.2. The monoisotopic (exact) mass is 557 g/mol. The Kier molecular flexibility index (Phi) is 12.7. The van der Waals surface area contributed by atoms with Crippen LogP contribution in [-0.4, -0.2) is 76.8 Å². The molecule has 220 valence electrons. The van der Waals surface area contributed by atoms with Gasteiger partial charge in [0.1, 0.15) is 11.9 Å². The number of halogens is 1. The zero-order chi connectivity index (χ0) is 28.9. The summed E-state index contributed by atoms with van der Waals surface area (Å²) >= 11 is 0. The lowest BCUT2D eigenvalue weighted by atomic mass is 10.1. The second-order valence-corrected chi connectivity index (χ2v) is 10.2. The number of carboxylic acids is 1. The van der Waals surface area contributed by atoms with Crippen molar-refractivity contribution in [2.75, 3.05) is 38.1 Å². The van der Waals surface area contributed by atoms with E-state index in [1.54, 1.807) is 6.92 Å². The van der Waals surface area contributed by atoms with Gasteiger partial charge in [0.2, 0.25) is 0 Å². The SMILES string of the molecule is CC.Cc1cncc(F)c1C(=O)NC(CCN(CCCCc1ccc2c(n1)NCCC2)CCOC1CC1)C(=O)O. The number of ether oxygens (including phenoxy) is 1. The topological polar surface area (TPSA) is 117 Å². The Morgan fingerprint density at radius 1 is 1.20 bits per heavy atom. The van der Waals surface area contributed by atoms with Gasteiger partial charge in [-0.1, -0.05) is 19.9 Å². The van der Waals surface area contributed by atoms with Crippen LogP contribution < -0.4 is 10.6 Å². The van der Waals surface area contributed by atoms with Gasteiger partial charge in [0.15, 0.2) is 5.82 Å². The number of fused-ring (bicyclic) bond motifs is 1. The fourth-order valence-electron chi connectivity index (χ4n) is 4.69. The van der Waals surface area contributed by atoms with Crippen molar-refractivity contribution in [3.05, 3.63) is 52.7 Å². The number of aliphatic carboxylic acids is 1. The maximum atomic E-state index is 14.2. The van der Waals surface area contributed by atoms with Crippen molar-refractivity contribution in [3.8, 4) is 0 Å². The highest BCUT2D eigenvalue weighted by atomic mass is 19.1. The van der Waals surface area contributed by atoms with E-state index in [4.69, 9.17) is 9.72 Å². The van der Waals surface area contributed by atoms with Crippen molar-refractivity contribution in [2.24, 2.45) is 0 Å². The molecule has 1 saturated carbocycles. The standard InChI is InChI=1S/C28H38FN5O4.C2H6/c1-19-17-30-18-23(29)25(19)27(35)33-24(28(36)37)11-14-34(15-16-38-22-9-10-22)13-3-2-6-21-8-7-20-5-4-12-31-26(20)32-21;1-2/h7-8,17-18,22,24H,2-6,9-16H2,1H3,(H,31,32)(H,33,35)(H,36,37);1-2H3. The number of aromatic nitrogens is 2. The first-order valence-corrected chi connectivity index (χ1v) is 14.6. The van der Waals surface area contributed by atoms with Crippen molar-refractivity contribution < 1.29 is 23.8 Å². The van der Waals surface area contributed by atoms with Crippen molar-refractivity contribution in [1.82, 2.24) is 20.2 Å². The molecule has 9 nitrogen and oxygen atoms in total. The van der Waals surface area contributed by atoms with E-state index in [1.807, 2.05) is 13.8 Å². The van der Waals surface area contributed by atoms with Crippen LogP contribution in [0.4, 0.5) is 10.2 Å². The van der Waals surface area contributed by atoms with Crippen LogP contribution in [-0.2, 0) is 22.4 Å². The minimum Gasteiger partial charge on any atom is -0.480 e. The highest BCUT2D eigenvalue weighted by Gasteiger charge is 2.25. The number of unbranched alkanes of at least 4 members (excludes halogenated alkanes) is 1. The summed E-state index contributed by atoms with van der Waals surface area (Å²) < 4.78 is 20.0. The summed E-state index contributed by atoms with van der Waals surface area (Å²) in [5, 5.41) is 15.6. The second kappa shape index (κ2) is 16.2. The number of amides is 1. The number of hydrogen-bond donors (Lipinski definition) is 3. The van der Waals surface area contributed by atoms with Crippen LogP contribution in [0.25, 0.3) is 0 Å². The lowest BCUT2D eigenvalue weighted by Crippen LogP contribution is -2.44. The van der Waals surface area contributed by atoms with E-state index in [9.17, 15) is 19.1 Å². The van der Waals surface area contributed by atoms with Crippen LogP contribution in [0, 0.1) is 12.7 Å². The van der Waals surface area contributed by atoms with E-state index in [0.717, 1.165) is 75.7 Å². The molecule has 0 saturated heterocycles. The third-order valence-electron chi connectivity index (χ3n) is 7.05. The van der Waals surface area contributed by atoms with Crippen molar-refractivity contribution in [1.29, 1.82) is 0 Å². The van der Waals surface area contributed by atoms with Gasteiger partial charge in [-0.25, -0.2) is 14.2 Å². The van der Waals surface area contributed by atoms with Gasteiger partial charge in [0, 0.05) is 31.5 Å². The number of pyridine rings is 2. The van der Waals surface area contributed by atoms with E-state index < -0.39 is 23.7 Å². The molecule has 2 aromatic heterocycles. The summed E-state index contributed by atoms with van der Waals surface area (Å²) in [5.74, 6) is -1.65. The molecule has 0 aromatic carbocycles. The summed E-state index contributed by atoms with van der Waals surface area (Å²) in [5.41, 5.74) is 2.54. The van der Waals surface area contributed by atoms with Gasteiger partial charge in [-0.05, 0) is 82.0 Å². The molecule has 2 aliphatic rings. The third-order valence-corrected chi connectivity index (χ3v) is 7.05. The Hall–Kier alpha value is -3.11. The summed E-state index contributed by atoms with van der Waals surface area (Å²) in [7, 11) is 0. The predicted molar refractivity (Wildman–Crippen MR) is 153 cm³/mol. The number of anilines is 1. The minimum atomic E-state index is -1.15. The maximum absolute atomic E-state index is 14.2. The first kappa shape index (κ1) is 31.4. The molecule has 2 aromatic rings. The maximum Gasteiger partial charge on any atom is 0.326 e. The first-order chi connectivity index (χ1) is 19.4. The summed E-state index contributed by atoms with van der Waals surface area (Å²) in [6, 6.07) is 3.15. The van der Waals surface area contributed by atoms with Crippen LogP contribution in [0.5, 0.6) is 0 Å². The summed E-state index contributed by atoms with van der Waals surface area (Å²) in [6.07, 6.45) is 10.1. The Bertz CT molecular complexity index is 1090. The number of nitrogens with one attached hydrogen (secondary N) is 2. The quantitative estimate of drug-likeness (QED) is 0.276. The van der Waals surface area contributed by atoms with E-state index >= 15 is 0 Å². The molecule has 1 amide bonds. The van der Waals surface area contributed by atoms with Crippen molar-refractivity contribution >= 4 is 17.7 Å². The van der Waals surface area contributed by atoms with Crippen LogP contribution in [0.2, 0.25) is 0 Å². The van der Waals surface area contributed by atoms with Crippen molar-refractivity contribution in [2.45, 2.75) is 84.3 Å². The zero-order valence-corrected chi connectivity index (χ0v) is 24.0. The molecule has 3 N–H and O–H groups in total. The molecule has 0 bridgehead atoms. The Morgan fingerprint density at radius 3 is 2.73 bits per heavy atom. The Balaban J connectivity index is 0.00000216. The van der Waals surface area contributed by atoms with Gasteiger partial charge in [-0.3, -0.25) is 9.78 Å². The van der Waals surface area contributed by atoms with Crippen molar-refractivity contribution in [3.63, 3.8) is 0 Å². The molecule has 1 aliphatic heterocycles. The number of aryl methyl sites for hydroxylation is 3. The van der Waals surface area contributed by atoms with E-state index in [2.05, 4.69) is 32.7 Å². The average molecular weight is 558 g/mol. The van der Waals surface area contributed by atoms with Gasteiger partial charge in [0.25, 0.3) is 5.91 Å². The van der Waals surface area contributed by atoms with Crippen LogP contribution in [0.15, 0.2) is 24.5 Å². The van der Waals surface area contributed by atoms with Crippen LogP contribution in [0.1, 0.15) is 79.6 Å². The molecule has 0 spiro atoms. The molecule has 3 heterocycles. The molecule has 10 heteroatoms. The molecule has 1 aliphatic carbocycles. The van der Waals surface area contributed by atoms with Crippen LogP contribution >= 0.6 is 0 Å². The smallest absolute Gasteiger partial charge is 0.326 e. The molecule has 1 unspecified atom stereocenters. The number of nitrogens with zero attached hydrogens (tertiary/aromatic N) is 3. The predicted octanol–water partition coefficient (Wildman–Crippen LogP) is 4.39. The Labute approximate surface area is 236 Å². The van der Waals surface area contributed by atoms with Crippen LogP contribution in [0.3, 0.4) is 0 Å². The first-order valence-electron chi connectivity index (χ1n) is 14.6.